The number of carbonyl (C=O) groups is 1. The minimum atomic E-state index is -0.189. The van der Waals surface area contributed by atoms with E-state index in [-0.39, 0.29) is 6.03 Å². The zero-order chi connectivity index (χ0) is 14.9. The molecule has 0 unspecified atom stereocenters. The summed E-state index contributed by atoms with van der Waals surface area (Å²) in [5.74, 6) is 0.812. The topological polar surface area (TPSA) is 50.4 Å². The summed E-state index contributed by atoms with van der Waals surface area (Å²) in [6.07, 6.45) is 0. The molecule has 0 bridgehead atoms. The van der Waals surface area contributed by atoms with Crippen molar-refractivity contribution in [3.63, 3.8) is 0 Å². The van der Waals surface area contributed by atoms with E-state index >= 15 is 0 Å². The lowest BCUT2D eigenvalue weighted by molar-refractivity contribution is 0.236. The number of rotatable bonds is 6. The minimum absolute atomic E-state index is 0.189. The summed E-state index contributed by atoms with van der Waals surface area (Å²) in [5.41, 5.74) is 2.27. The standard InChI is InChI=1S/C17H20N2O2/c1-14-7-9-16(10-8-14)21-12-11-18-17(20)19-13-15-5-3-2-4-6-15/h2-10H,11-13H2,1H3,(H2,18,19,20). The molecule has 2 amide bonds. The number of hydrogen-bond acceptors (Lipinski definition) is 2. The van der Waals surface area contributed by atoms with E-state index < -0.39 is 0 Å². The van der Waals surface area contributed by atoms with E-state index in [4.69, 9.17) is 4.74 Å². The predicted octanol–water partition coefficient (Wildman–Crippen LogP) is 2.87. The normalized spacial score (nSPS) is 9.95. The average molecular weight is 284 g/mol. The van der Waals surface area contributed by atoms with E-state index in [2.05, 4.69) is 10.6 Å². The van der Waals surface area contributed by atoms with Crippen LogP contribution in [0.4, 0.5) is 4.79 Å². The molecular formula is C17H20N2O2. The molecule has 2 rings (SSSR count). The second-order valence-electron chi connectivity index (χ2n) is 4.76. The fourth-order valence-corrected chi connectivity index (χ4v) is 1.81. The van der Waals surface area contributed by atoms with Crippen LogP contribution in [0.15, 0.2) is 54.6 Å². The molecule has 0 aliphatic rings. The summed E-state index contributed by atoms with van der Waals surface area (Å²) in [4.78, 5) is 11.6. The maximum absolute atomic E-state index is 11.6. The van der Waals surface area contributed by atoms with Crippen LogP contribution in [0.2, 0.25) is 0 Å². The first-order valence-corrected chi connectivity index (χ1v) is 6.99. The van der Waals surface area contributed by atoms with Crippen molar-refractivity contribution in [1.29, 1.82) is 0 Å². The third kappa shape index (κ3) is 5.57. The van der Waals surface area contributed by atoms with Crippen LogP contribution in [0.1, 0.15) is 11.1 Å². The predicted molar refractivity (Wildman–Crippen MR) is 83.4 cm³/mol. The van der Waals surface area contributed by atoms with Crippen LogP contribution in [0, 0.1) is 6.92 Å². The fraction of sp³-hybridized carbons (Fsp3) is 0.235. The Hall–Kier alpha value is -2.49. The maximum atomic E-state index is 11.6. The van der Waals surface area contributed by atoms with Crippen LogP contribution in [0.3, 0.4) is 0 Å². The van der Waals surface area contributed by atoms with E-state index in [0.29, 0.717) is 19.7 Å². The smallest absolute Gasteiger partial charge is 0.315 e. The van der Waals surface area contributed by atoms with Crippen molar-refractivity contribution >= 4 is 6.03 Å². The molecule has 110 valence electrons. The Balaban J connectivity index is 1.60. The highest BCUT2D eigenvalue weighted by molar-refractivity contribution is 5.73. The zero-order valence-corrected chi connectivity index (χ0v) is 12.1. The number of benzene rings is 2. The highest BCUT2D eigenvalue weighted by Gasteiger charge is 2.00. The fourth-order valence-electron chi connectivity index (χ4n) is 1.81. The van der Waals surface area contributed by atoms with Gasteiger partial charge in [-0.2, -0.15) is 0 Å². The van der Waals surface area contributed by atoms with Crippen molar-refractivity contribution in [2.24, 2.45) is 0 Å². The monoisotopic (exact) mass is 284 g/mol. The third-order valence-corrected chi connectivity index (χ3v) is 2.97. The van der Waals surface area contributed by atoms with Gasteiger partial charge >= 0.3 is 6.03 Å². The second-order valence-corrected chi connectivity index (χ2v) is 4.76. The molecule has 4 heteroatoms. The Morgan fingerprint density at radius 1 is 1.00 bits per heavy atom. The molecule has 0 aliphatic heterocycles. The molecule has 0 heterocycles. The van der Waals surface area contributed by atoms with Crippen LogP contribution in [-0.4, -0.2) is 19.2 Å². The summed E-state index contributed by atoms with van der Waals surface area (Å²) >= 11 is 0. The molecule has 0 spiro atoms. The van der Waals surface area contributed by atoms with E-state index in [1.807, 2.05) is 61.5 Å². The first kappa shape index (κ1) is 14.9. The summed E-state index contributed by atoms with van der Waals surface area (Å²) in [5, 5.41) is 5.56. The summed E-state index contributed by atoms with van der Waals surface area (Å²) < 4.78 is 5.53. The summed E-state index contributed by atoms with van der Waals surface area (Å²) in [6.45, 7) is 3.46. The molecule has 2 N–H and O–H groups in total. The van der Waals surface area contributed by atoms with Crippen LogP contribution < -0.4 is 15.4 Å². The van der Waals surface area contributed by atoms with Gasteiger partial charge in [0.15, 0.2) is 0 Å². The number of nitrogens with one attached hydrogen (secondary N) is 2. The average Bonchev–Trinajstić information content (AvgIpc) is 2.52. The first-order valence-electron chi connectivity index (χ1n) is 6.99. The van der Waals surface area contributed by atoms with Gasteiger partial charge in [0.2, 0.25) is 0 Å². The lowest BCUT2D eigenvalue weighted by Crippen LogP contribution is -2.37. The molecule has 0 saturated heterocycles. The molecule has 21 heavy (non-hydrogen) atoms. The van der Waals surface area contributed by atoms with Gasteiger partial charge in [0, 0.05) is 6.54 Å². The number of aryl methyl sites for hydroxylation is 1. The van der Waals surface area contributed by atoms with E-state index in [9.17, 15) is 4.79 Å². The molecular weight excluding hydrogens is 264 g/mol. The van der Waals surface area contributed by atoms with Gasteiger partial charge in [0.1, 0.15) is 12.4 Å². The quantitative estimate of drug-likeness (QED) is 0.801. The van der Waals surface area contributed by atoms with Crippen LogP contribution in [-0.2, 0) is 6.54 Å². The largest absolute Gasteiger partial charge is 0.492 e. The first-order chi connectivity index (χ1) is 10.2. The van der Waals surface area contributed by atoms with Gasteiger partial charge in [-0.05, 0) is 24.6 Å². The molecule has 0 fully saturated rings. The van der Waals surface area contributed by atoms with Gasteiger partial charge in [-0.15, -0.1) is 0 Å². The Kier molecular flexibility index (Phi) is 5.64. The number of urea groups is 1. The molecule has 0 aromatic heterocycles. The number of ether oxygens (including phenoxy) is 1. The van der Waals surface area contributed by atoms with Crippen LogP contribution >= 0.6 is 0 Å². The number of carbonyl (C=O) groups excluding carboxylic acids is 1. The summed E-state index contributed by atoms with van der Waals surface area (Å²) in [7, 11) is 0. The highest BCUT2D eigenvalue weighted by Crippen LogP contribution is 2.10. The van der Waals surface area contributed by atoms with Crippen molar-refractivity contribution in [2.75, 3.05) is 13.2 Å². The van der Waals surface area contributed by atoms with Crippen molar-refractivity contribution in [2.45, 2.75) is 13.5 Å². The van der Waals surface area contributed by atoms with E-state index in [1.54, 1.807) is 0 Å². The van der Waals surface area contributed by atoms with Gasteiger partial charge in [-0.1, -0.05) is 48.0 Å². The van der Waals surface area contributed by atoms with Gasteiger partial charge in [-0.25, -0.2) is 4.79 Å². The molecule has 4 nitrogen and oxygen atoms in total. The van der Waals surface area contributed by atoms with E-state index in [0.717, 1.165) is 11.3 Å². The summed E-state index contributed by atoms with van der Waals surface area (Å²) in [6, 6.07) is 17.4. The Bertz CT molecular complexity index is 553. The van der Waals surface area contributed by atoms with E-state index in [1.165, 1.54) is 5.56 Å². The highest BCUT2D eigenvalue weighted by atomic mass is 16.5. The van der Waals surface area contributed by atoms with Gasteiger partial charge in [0.25, 0.3) is 0 Å². The van der Waals surface area contributed by atoms with Gasteiger partial charge in [0.05, 0.1) is 6.54 Å². The Labute approximate surface area is 125 Å². The lowest BCUT2D eigenvalue weighted by atomic mass is 10.2. The Morgan fingerprint density at radius 3 is 2.43 bits per heavy atom. The third-order valence-electron chi connectivity index (χ3n) is 2.97. The number of hydrogen-bond donors (Lipinski definition) is 2. The van der Waals surface area contributed by atoms with Crippen molar-refractivity contribution in [3.8, 4) is 5.75 Å². The SMILES string of the molecule is Cc1ccc(OCCNC(=O)NCc2ccccc2)cc1. The van der Waals surface area contributed by atoms with Crippen molar-refractivity contribution in [1.82, 2.24) is 10.6 Å². The maximum Gasteiger partial charge on any atom is 0.315 e. The molecule has 2 aromatic carbocycles. The van der Waals surface area contributed by atoms with Crippen LogP contribution in [0.5, 0.6) is 5.75 Å². The van der Waals surface area contributed by atoms with Crippen molar-refractivity contribution in [3.05, 3.63) is 65.7 Å². The van der Waals surface area contributed by atoms with Crippen molar-refractivity contribution < 1.29 is 9.53 Å². The minimum Gasteiger partial charge on any atom is -0.492 e. The molecule has 0 saturated carbocycles. The molecule has 0 atom stereocenters. The number of amides is 2. The lowest BCUT2D eigenvalue weighted by Gasteiger charge is -2.09. The Morgan fingerprint density at radius 2 is 1.71 bits per heavy atom. The molecule has 2 aromatic rings. The molecule has 0 aliphatic carbocycles. The van der Waals surface area contributed by atoms with Gasteiger partial charge < -0.3 is 15.4 Å². The molecule has 0 radical (unpaired) electrons. The second kappa shape index (κ2) is 7.94. The van der Waals surface area contributed by atoms with Gasteiger partial charge in [-0.3, -0.25) is 0 Å². The zero-order valence-electron chi connectivity index (χ0n) is 12.1. The van der Waals surface area contributed by atoms with Crippen LogP contribution in [0.25, 0.3) is 0 Å².